The van der Waals surface area contributed by atoms with E-state index in [4.69, 9.17) is 14.7 Å². The van der Waals surface area contributed by atoms with Crippen molar-refractivity contribution in [2.24, 2.45) is 0 Å². The van der Waals surface area contributed by atoms with E-state index in [-0.39, 0.29) is 0 Å². The van der Waals surface area contributed by atoms with Crippen molar-refractivity contribution in [1.29, 1.82) is 5.26 Å². The van der Waals surface area contributed by atoms with Crippen molar-refractivity contribution in [2.75, 3.05) is 14.2 Å². The topological polar surface area (TPSA) is 42.2 Å². The van der Waals surface area contributed by atoms with Gasteiger partial charge in [-0.1, -0.05) is 0 Å². The summed E-state index contributed by atoms with van der Waals surface area (Å²) in [7, 11) is 3.37. The van der Waals surface area contributed by atoms with Crippen LogP contribution in [0.2, 0.25) is 0 Å². The van der Waals surface area contributed by atoms with E-state index in [9.17, 15) is 0 Å². The highest BCUT2D eigenvalue weighted by molar-refractivity contribution is 5.55. The summed E-state index contributed by atoms with van der Waals surface area (Å²) in [6, 6.07) is 4.13. The normalized spacial score (nSPS) is 13.7. The zero-order valence-electron chi connectivity index (χ0n) is 10.4. The Balaban J connectivity index is 2.59. The van der Waals surface area contributed by atoms with Gasteiger partial charge >= 0.3 is 0 Å². The summed E-state index contributed by atoms with van der Waals surface area (Å²) in [6.45, 7) is 0. The quantitative estimate of drug-likeness (QED) is 0.803. The Kier molecular flexibility index (Phi) is 3.53. The minimum Gasteiger partial charge on any atom is -0.496 e. The van der Waals surface area contributed by atoms with E-state index in [0.717, 1.165) is 29.9 Å². The van der Waals surface area contributed by atoms with Gasteiger partial charge in [-0.15, -0.1) is 0 Å². The molecule has 2 rings (SSSR count). The molecule has 0 amide bonds. The smallest absolute Gasteiger partial charge is 0.126 e. The van der Waals surface area contributed by atoms with Crippen LogP contribution >= 0.6 is 0 Å². The highest BCUT2D eigenvalue weighted by Crippen LogP contribution is 2.39. The third-order valence-corrected chi connectivity index (χ3v) is 3.33. The Hall–Kier alpha value is -1.69. The van der Waals surface area contributed by atoms with E-state index in [1.165, 1.54) is 24.0 Å². The van der Waals surface area contributed by atoms with Crippen LogP contribution in [0.25, 0.3) is 0 Å². The first kappa shape index (κ1) is 11.8. The molecular formula is C14H17NO2. The molecule has 0 N–H and O–H groups in total. The summed E-state index contributed by atoms with van der Waals surface area (Å²) in [6.07, 6.45) is 4.81. The monoisotopic (exact) mass is 231 g/mol. The molecule has 1 aromatic carbocycles. The van der Waals surface area contributed by atoms with Crippen molar-refractivity contribution in [3.8, 4) is 17.6 Å². The van der Waals surface area contributed by atoms with Crippen molar-refractivity contribution >= 4 is 0 Å². The molecule has 0 aromatic heterocycles. The highest BCUT2D eigenvalue weighted by atomic mass is 16.5. The fourth-order valence-corrected chi connectivity index (χ4v) is 2.59. The molecule has 0 aliphatic heterocycles. The molecule has 0 spiro atoms. The molecule has 0 atom stereocenters. The molecule has 3 heteroatoms. The summed E-state index contributed by atoms with van der Waals surface area (Å²) in [5, 5.41) is 8.86. The van der Waals surface area contributed by atoms with Gasteiger partial charge in [-0.05, 0) is 31.7 Å². The van der Waals surface area contributed by atoms with Gasteiger partial charge in [0, 0.05) is 16.7 Å². The minimum absolute atomic E-state index is 0.368. The number of fused-ring (bicyclic) bond motifs is 1. The van der Waals surface area contributed by atoms with Crippen molar-refractivity contribution < 1.29 is 9.47 Å². The van der Waals surface area contributed by atoms with Gasteiger partial charge < -0.3 is 9.47 Å². The van der Waals surface area contributed by atoms with Gasteiger partial charge in [0.15, 0.2) is 0 Å². The maximum atomic E-state index is 8.86. The number of benzene rings is 1. The SMILES string of the molecule is COc1cc(CC#N)c(OC)c2c1CCCC2. The van der Waals surface area contributed by atoms with E-state index < -0.39 is 0 Å². The molecule has 90 valence electrons. The van der Waals surface area contributed by atoms with Crippen molar-refractivity contribution in [3.63, 3.8) is 0 Å². The van der Waals surface area contributed by atoms with Crippen LogP contribution in [0.5, 0.6) is 11.5 Å². The van der Waals surface area contributed by atoms with Crippen LogP contribution in [0.15, 0.2) is 6.07 Å². The summed E-state index contributed by atoms with van der Waals surface area (Å²) in [4.78, 5) is 0. The molecule has 0 bridgehead atoms. The van der Waals surface area contributed by atoms with Crippen molar-refractivity contribution in [1.82, 2.24) is 0 Å². The third kappa shape index (κ3) is 2.08. The lowest BCUT2D eigenvalue weighted by molar-refractivity contribution is 0.386. The number of nitrogens with zero attached hydrogens (tertiary/aromatic N) is 1. The van der Waals surface area contributed by atoms with E-state index in [1.54, 1.807) is 14.2 Å². The maximum Gasteiger partial charge on any atom is 0.126 e. The number of rotatable bonds is 3. The summed E-state index contributed by atoms with van der Waals surface area (Å²) < 4.78 is 10.9. The van der Waals surface area contributed by atoms with Crippen LogP contribution in [0.1, 0.15) is 29.5 Å². The number of methoxy groups -OCH3 is 2. The standard InChI is InChI=1S/C14H17NO2/c1-16-13-9-10(7-8-15)14(17-2)12-6-4-3-5-11(12)13/h9H,3-7H2,1-2H3. The average molecular weight is 231 g/mol. The van der Waals surface area contributed by atoms with Crippen molar-refractivity contribution in [3.05, 3.63) is 22.8 Å². The van der Waals surface area contributed by atoms with Gasteiger partial charge in [-0.2, -0.15) is 5.26 Å². The van der Waals surface area contributed by atoms with Gasteiger partial charge in [-0.25, -0.2) is 0 Å². The molecule has 0 heterocycles. The Bertz CT molecular complexity index is 460. The summed E-state index contributed by atoms with van der Waals surface area (Å²) in [5.74, 6) is 1.80. The number of hydrogen-bond donors (Lipinski definition) is 0. The first-order chi connectivity index (χ1) is 8.31. The zero-order valence-corrected chi connectivity index (χ0v) is 10.4. The largest absolute Gasteiger partial charge is 0.496 e. The van der Waals surface area contributed by atoms with Crippen molar-refractivity contribution in [2.45, 2.75) is 32.1 Å². The first-order valence-corrected chi connectivity index (χ1v) is 5.94. The minimum atomic E-state index is 0.368. The Morgan fingerprint density at radius 3 is 2.47 bits per heavy atom. The van der Waals surface area contributed by atoms with Gasteiger partial charge in [0.05, 0.1) is 26.7 Å². The molecule has 0 unspecified atom stereocenters. The lowest BCUT2D eigenvalue weighted by Crippen LogP contribution is -2.09. The molecule has 1 aliphatic rings. The van der Waals surface area contributed by atoms with Crippen LogP contribution < -0.4 is 9.47 Å². The maximum absolute atomic E-state index is 8.86. The van der Waals surface area contributed by atoms with Gasteiger partial charge in [-0.3, -0.25) is 0 Å². The number of hydrogen-bond acceptors (Lipinski definition) is 3. The van der Waals surface area contributed by atoms with E-state index >= 15 is 0 Å². The van der Waals surface area contributed by atoms with E-state index in [2.05, 4.69) is 6.07 Å². The average Bonchev–Trinajstić information content (AvgIpc) is 2.38. The van der Waals surface area contributed by atoms with Crippen LogP contribution in [0.4, 0.5) is 0 Å². The number of ether oxygens (including phenoxy) is 2. The Morgan fingerprint density at radius 2 is 1.88 bits per heavy atom. The van der Waals surface area contributed by atoms with Gasteiger partial charge in [0.2, 0.25) is 0 Å². The Morgan fingerprint density at radius 1 is 1.18 bits per heavy atom. The van der Waals surface area contributed by atoms with Crippen LogP contribution in [0.3, 0.4) is 0 Å². The molecule has 17 heavy (non-hydrogen) atoms. The predicted molar refractivity (Wildman–Crippen MR) is 65.5 cm³/mol. The van der Waals surface area contributed by atoms with Crippen LogP contribution in [-0.4, -0.2) is 14.2 Å². The third-order valence-electron chi connectivity index (χ3n) is 3.33. The molecule has 0 radical (unpaired) electrons. The summed E-state index contributed by atoms with van der Waals surface area (Å²) >= 11 is 0. The van der Waals surface area contributed by atoms with E-state index in [0.29, 0.717) is 6.42 Å². The lowest BCUT2D eigenvalue weighted by atomic mass is 9.88. The molecule has 1 aromatic rings. The first-order valence-electron chi connectivity index (χ1n) is 5.94. The molecule has 3 nitrogen and oxygen atoms in total. The summed E-state index contributed by atoms with van der Waals surface area (Å²) in [5.41, 5.74) is 3.44. The molecule has 0 saturated carbocycles. The van der Waals surface area contributed by atoms with Gasteiger partial charge in [0.1, 0.15) is 11.5 Å². The molecule has 0 fully saturated rings. The van der Waals surface area contributed by atoms with Gasteiger partial charge in [0.25, 0.3) is 0 Å². The molecular weight excluding hydrogens is 214 g/mol. The highest BCUT2D eigenvalue weighted by Gasteiger charge is 2.21. The second-order valence-electron chi connectivity index (χ2n) is 4.27. The Labute approximate surface area is 102 Å². The lowest BCUT2D eigenvalue weighted by Gasteiger charge is -2.23. The van der Waals surface area contributed by atoms with E-state index in [1.807, 2.05) is 6.07 Å². The molecule has 1 aliphatic carbocycles. The van der Waals surface area contributed by atoms with Crippen LogP contribution in [-0.2, 0) is 19.3 Å². The fraction of sp³-hybridized carbons (Fsp3) is 0.500. The zero-order chi connectivity index (χ0) is 12.3. The number of nitriles is 1. The van der Waals surface area contributed by atoms with Crippen LogP contribution in [0, 0.1) is 11.3 Å². The second kappa shape index (κ2) is 5.09. The predicted octanol–water partition coefficient (Wildman–Crippen LogP) is 2.65. The molecule has 0 saturated heterocycles. The fourth-order valence-electron chi connectivity index (χ4n) is 2.59. The second-order valence-corrected chi connectivity index (χ2v) is 4.27.